The molecule has 1 N–H and O–H groups in total. The number of hydrogen-bond donors (Lipinski definition) is 1. The Hall–Kier alpha value is -4.83. The largest absolute Gasteiger partial charge is 0.497 e. The van der Waals surface area contributed by atoms with Gasteiger partial charge in [-0.1, -0.05) is 66.2 Å². The van der Waals surface area contributed by atoms with Gasteiger partial charge in [0.25, 0.3) is 10.0 Å². The first-order valence-electron chi connectivity index (χ1n) is 15.0. The van der Waals surface area contributed by atoms with Crippen molar-refractivity contribution >= 4 is 27.5 Å². The standard InChI is InChI=1S/C36H41N3O6S/c1-26(2)37-36(41)34(22-28-11-7-6-8-12-28)38(24-29-13-9-15-31(21-29)44-4)35(40)25-39(30-14-10-16-32(23-30)45-5)46(42,43)33-19-17-27(3)18-20-33/h6-21,23,26,34H,22,24-25H2,1-5H3,(H,37,41)/t34-/m0/s1. The Balaban J connectivity index is 1.83. The molecule has 0 aliphatic heterocycles. The van der Waals surface area contributed by atoms with Crippen LogP contribution in [0.4, 0.5) is 5.69 Å². The van der Waals surface area contributed by atoms with Crippen LogP contribution in [0.5, 0.6) is 11.5 Å². The van der Waals surface area contributed by atoms with Crippen molar-refractivity contribution in [1.29, 1.82) is 0 Å². The summed E-state index contributed by atoms with van der Waals surface area (Å²) in [5, 5.41) is 2.96. The van der Waals surface area contributed by atoms with Crippen molar-refractivity contribution in [2.75, 3.05) is 25.1 Å². The van der Waals surface area contributed by atoms with Crippen molar-refractivity contribution in [1.82, 2.24) is 10.2 Å². The van der Waals surface area contributed by atoms with Gasteiger partial charge in [-0.05, 0) is 68.3 Å². The van der Waals surface area contributed by atoms with E-state index >= 15 is 0 Å². The fraction of sp³-hybridized carbons (Fsp3) is 0.278. The van der Waals surface area contributed by atoms with E-state index in [2.05, 4.69) is 5.32 Å². The fourth-order valence-electron chi connectivity index (χ4n) is 5.03. The number of ether oxygens (including phenoxy) is 2. The summed E-state index contributed by atoms with van der Waals surface area (Å²) in [7, 11) is -1.18. The number of carbonyl (C=O) groups excluding carboxylic acids is 2. The van der Waals surface area contributed by atoms with Gasteiger partial charge < -0.3 is 19.7 Å². The monoisotopic (exact) mass is 643 g/mol. The van der Waals surface area contributed by atoms with E-state index < -0.39 is 28.5 Å². The fourth-order valence-corrected chi connectivity index (χ4v) is 6.44. The molecule has 0 unspecified atom stereocenters. The van der Waals surface area contributed by atoms with E-state index in [1.165, 1.54) is 24.1 Å². The minimum atomic E-state index is -4.22. The van der Waals surface area contributed by atoms with Crippen LogP contribution < -0.4 is 19.1 Å². The summed E-state index contributed by atoms with van der Waals surface area (Å²) in [6, 6.07) is 28.5. The molecule has 0 bridgehead atoms. The molecule has 4 rings (SSSR count). The van der Waals surface area contributed by atoms with Gasteiger partial charge >= 0.3 is 0 Å². The lowest BCUT2D eigenvalue weighted by molar-refractivity contribution is -0.140. The zero-order valence-corrected chi connectivity index (χ0v) is 27.7. The van der Waals surface area contributed by atoms with Crippen LogP contribution >= 0.6 is 0 Å². The normalized spacial score (nSPS) is 11.9. The van der Waals surface area contributed by atoms with Gasteiger partial charge in [-0.25, -0.2) is 8.42 Å². The van der Waals surface area contributed by atoms with Crippen molar-refractivity contribution in [3.63, 3.8) is 0 Å². The van der Waals surface area contributed by atoms with Crippen LogP contribution in [0.2, 0.25) is 0 Å². The SMILES string of the molecule is COc1cccc(CN(C(=O)CN(c2cccc(OC)c2)S(=O)(=O)c2ccc(C)cc2)[C@@H](Cc2ccccc2)C(=O)NC(C)C)c1. The van der Waals surface area contributed by atoms with Crippen LogP contribution in [0.15, 0.2) is 108 Å². The summed E-state index contributed by atoms with van der Waals surface area (Å²) in [5.41, 5.74) is 2.72. The lowest BCUT2D eigenvalue weighted by Gasteiger charge is -2.34. The third-order valence-electron chi connectivity index (χ3n) is 7.42. The number of aryl methyl sites for hydroxylation is 1. The van der Waals surface area contributed by atoms with Gasteiger partial charge in [0.1, 0.15) is 24.1 Å². The van der Waals surface area contributed by atoms with Crippen LogP contribution in [-0.4, -0.2) is 58.0 Å². The maximum Gasteiger partial charge on any atom is 0.264 e. The minimum absolute atomic E-state index is 0.0338. The molecule has 0 aliphatic carbocycles. The van der Waals surface area contributed by atoms with Gasteiger partial charge in [0, 0.05) is 25.1 Å². The lowest BCUT2D eigenvalue weighted by Crippen LogP contribution is -2.54. The third kappa shape index (κ3) is 8.66. The highest BCUT2D eigenvalue weighted by Crippen LogP contribution is 2.28. The Labute approximate surface area is 271 Å². The second kappa shape index (κ2) is 15.4. The highest BCUT2D eigenvalue weighted by molar-refractivity contribution is 7.92. The average molecular weight is 644 g/mol. The topological polar surface area (TPSA) is 105 Å². The summed E-state index contributed by atoms with van der Waals surface area (Å²) in [4.78, 5) is 29.9. The number of carbonyl (C=O) groups is 2. The van der Waals surface area contributed by atoms with E-state index in [1.54, 1.807) is 55.6 Å². The second-order valence-electron chi connectivity index (χ2n) is 11.3. The quantitative estimate of drug-likeness (QED) is 0.198. The first-order chi connectivity index (χ1) is 22.0. The second-order valence-corrected chi connectivity index (χ2v) is 13.1. The van der Waals surface area contributed by atoms with E-state index in [0.29, 0.717) is 11.5 Å². The number of anilines is 1. The van der Waals surface area contributed by atoms with Crippen LogP contribution in [0.1, 0.15) is 30.5 Å². The number of methoxy groups -OCH3 is 2. The third-order valence-corrected chi connectivity index (χ3v) is 9.21. The minimum Gasteiger partial charge on any atom is -0.497 e. The molecule has 0 fully saturated rings. The van der Waals surface area contributed by atoms with E-state index in [9.17, 15) is 18.0 Å². The highest BCUT2D eigenvalue weighted by atomic mass is 32.2. The number of sulfonamides is 1. The van der Waals surface area contributed by atoms with E-state index in [0.717, 1.165) is 21.0 Å². The molecule has 242 valence electrons. The van der Waals surface area contributed by atoms with Crippen molar-refractivity contribution in [2.24, 2.45) is 0 Å². The molecule has 4 aromatic carbocycles. The number of amides is 2. The number of nitrogens with zero attached hydrogens (tertiary/aromatic N) is 2. The Kier molecular flexibility index (Phi) is 11.4. The van der Waals surface area contributed by atoms with Crippen LogP contribution in [0.25, 0.3) is 0 Å². The number of hydrogen-bond acceptors (Lipinski definition) is 6. The molecule has 0 spiro atoms. The maximum absolute atomic E-state index is 14.6. The van der Waals surface area contributed by atoms with Crippen molar-refractivity contribution in [2.45, 2.75) is 50.7 Å². The van der Waals surface area contributed by atoms with Crippen molar-refractivity contribution in [3.8, 4) is 11.5 Å². The highest BCUT2D eigenvalue weighted by Gasteiger charge is 2.35. The predicted molar refractivity (Wildman–Crippen MR) is 179 cm³/mol. The molecule has 0 aliphatic rings. The van der Waals surface area contributed by atoms with Crippen LogP contribution in [0, 0.1) is 6.92 Å². The first kappa shape index (κ1) is 34.1. The molecule has 10 heteroatoms. The zero-order valence-electron chi connectivity index (χ0n) is 26.8. The maximum atomic E-state index is 14.6. The predicted octanol–water partition coefficient (Wildman–Crippen LogP) is 5.37. The Bertz CT molecular complexity index is 1730. The van der Waals surface area contributed by atoms with E-state index in [1.807, 2.05) is 63.2 Å². The molecule has 9 nitrogen and oxygen atoms in total. The molecule has 0 heterocycles. The Morgan fingerprint density at radius 3 is 2.02 bits per heavy atom. The molecule has 0 aromatic heterocycles. The molecular formula is C36H41N3O6S. The van der Waals surface area contributed by atoms with Crippen molar-refractivity contribution in [3.05, 3.63) is 120 Å². The summed E-state index contributed by atoms with van der Waals surface area (Å²) >= 11 is 0. The summed E-state index contributed by atoms with van der Waals surface area (Å²) in [6.07, 6.45) is 0.221. The first-order valence-corrected chi connectivity index (χ1v) is 16.5. The molecule has 1 atom stereocenters. The van der Waals surface area contributed by atoms with Gasteiger partial charge in [0.15, 0.2) is 0 Å². The van der Waals surface area contributed by atoms with Gasteiger partial charge in [0.05, 0.1) is 24.8 Å². The van der Waals surface area contributed by atoms with Gasteiger partial charge in [0.2, 0.25) is 11.8 Å². The summed E-state index contributed by atoms with van der Waals surface area (Å²) in [5.74, 6) is 0.127. The smallest absolute Gasteiger partial charge is 0.264 e. The van der Waals surface area contributed by atoms with Gasteiger partial charge in [-0.2, -0.15) is 0 Å². The number of rotatable bonds is 14. The Morgan fingerprint density at radius 1 is 0.783 bits per heavy atom. The molecule has 4 aromatic rings. The lowest BCUT2D eigenvalue weighted by atomic mass is 10.0. The van der Waals surface area contributed by atoms with Gasteiger partial charge in [-0.3, -0.25) is 13.9 Å². The molecule has 46 heavy (non-hydrogen) atoms. The summed E-state index contributed by atoms with van der Waals surface area (Å²) in [6.45, 7) is 5.04. The molecule has 2 amide bonds. The van der Waals surface area contributed by atoms with Crippen molar-refractivity contribution < 1.29 is 27.5 Å². The number of benzene rings is 4. The molecule has 0 saturated heterocycles. The molecular weight excluding hydrogens is 602 g/mol. The Morgan fingerprint density at radius 2 is 1.39 bits per heavy atom. The van der Waals surface area contributed by atoms with Gasteiger partial charge in [-0.15, -0.1) is 0 Å². The summed E-state index contributed by atoms with van der Waals surface area (Å²) < 4.78 is 40.3. The van der Waals surface area contributed by atoms with E-state index in [4.69, 9.17) is 9.47 Å². The van der Waals surface area contributed by atoms with Crippen LogP contribution in [-0.2, 0) is 32.6 Å². The molecule has 0 radical (unpaired) electrons. The zero-order chi connectivity index (χ0) is 33.3. The van der Waals surface area contributed by atoms with E-state index in [-0.39, 0.29) is 35.5 Å². The van der Waals surface area contributed by atoms with Crippen LogP contribution in [0.3, 0.4) is 0 Å². The average Bonchev–Trinajstić information content (AvgIpc) is 3.05. The molecule has 0 saturated carbocycles. The number of nitrogens with one attached hydrogen (secondary N) is 1.